The lowest BCUT2D eigenvalue weighted by Crippen LogP contribution is -2.52. The Kier molecular flexibility index (Phi) is 8.88. The Morgan fingerprint density at radius 2 is 2.03 bits per heavy atom. The fourth-order valence-corrected chi connectivity index (χ4v) is 3.29. The summed E-state index contributed by atoms with van der Waals surface area (Å²) in [5.74, 6) is -0.822. The summed E-state index contributed by atoms with van der Waals surface area (Å²) in [6, 6.07) is 6.83. The number of carbonyl (C=O) groups is 2. The normalized spacial score (nSPS) is 16.3. The van der Waals surface area contributed by atoms with Crippen molar-refractivity contribution < 1.29 is 19.1 Å². The number of ether oxygens (including phenoxy) is 2. The zero-order chi connectivity index (χ0) is 21.4. The van der Waals surface area contributed by atoms with Crippen molar-refractivity contribution in [2.75, 3.05) is 33.9 Å². The van der Waals surface area contributed by atoms with Crippen LogP contribution in [0.1, 0.15) is 18.9 Å². The van der Waals surface area contributed by atoms with Gasteiger partial charge in [-0.2, -0.15) is 0 Å². The Morgan fingerprint density at radius 3 is 2.72 bits per heavy atom. The summed E-state index contributed by atoms with van der Waals surface area (Å²) >= 11 is 11.1. The van der Waals surface area contributed by atoms with E-state index in [9.17, 15) is 9.59 Å². The van der Waals surface area contributed by atoms with Crippen molar-refractivity contribution in [3.05, 3.63) is 46.1 Å². The van der Waals surface area contributed by atoms with E-state index in [4.69, 9.17) is 33.3 Å². The predicted octanol–water partition coefficient (Wildman–Crippen LogP) is 2.04. The Labute approximate surface area is 181 Å². The van der Waals surface area contributed by atoms with Crippen LogP contribution in [0, 0.1) is 0 Å². The second-order valence-corrected chi connectivity index (χ2v) is 7.79. The average Bonchev–Trinajstić information content (AvgIpc) is 2.64. The number of rotatable bonds is 9. The lowest BCUT2D eigenvalue weighted by Gasteiger charge is -2.29. The molecule has 0 saturated carbocycles. The minimum absolute atomic E-state index is 0.00977. The third-order valence-electron chi connectivity index (χ3n) is 4.27. The highest BCUT2D eigenvalue weighted by atomic mass is 35.5. The minimum Gasteiger partial charge on any atom is -0.463 e. The first kappa shape index (κ1) is 23.1. The molecule has 1 heterocycles. The highest BCUT2D eigenvalue weighted by molar-refractivity contribution is 7.80. The number of halogens is 1. The van der Waals surface area contributed by atoms with Gasteiger partial charge < -0.3 is 25.0 Å². The van der Waals surface area contributed by atoms with Crippen molar-refractivity contribution >= 4 is 40.9 Å². The van der Waals surface area contributed by atoms with Gasteiger partial charge in [0.15, 0.2) is 5.11 Å². The van der Waals surface area contributed by atoms with Crippen molar-refractivity contribution in [3.8, 4) is 0 Å². The summed E-state index contributed by atoms with van der Waals surface area (Å²) in [5.41, 5.74) is 1.92. The lowest BCUT2D eigenvalue weighted by atomic mass is 10.0. The van der Waals surface area contributed by atoms with Crippen molar-refractivity contribution in [1.82, 2.24) is 15.5 Å². The molecule has 1 aromatic rings. The van der Waals surface area contributed by atoms with Crippen molar-refractivity contribution in [3.63, 3.8) is 0 Å². The third-order valence-corrected chi connectivity index (χ3v) is 4.72. The molecule has 9 heteroatoms. The number of nitrogens with one attached hydrogen (secondary N) is 2. The fraction of sp³-hybridized carbons (Fsp3) is 0.450. The van der Waals surface area contributed by atoms with E-state index >= 15 is 0 Å². The van der Waals surface area contributed by atoms with Crippen LogP contribution in [0.4, 0.5) is 0 Å². The third kappa shape index (κ3) is 7.64. The first-order chi connectivity index (χ1) is 13.8. The van der Waals surface area contributed by atoms with E-state index < -0.39 is 12.0 Å². The molecule has 0 bridgehead atoms. The fourth-order valence-electron chi connectivity index (χ4n) is 2.78. The van der Waals surface area contributed by atoms with Gasteiger partial charge in [0.1, 0.15) is 6.61 Å². The molecule has 0 saturated heterocycles. The number of hydrogen-bond acceptors (Lipinski definition) is 6. The maximum atomic E-state index is 12.7. The molecule has 158 valence electrons. The minimum atomic E-state index is -0.564. The number of nitrogens with zero attached hydrogens (tertiary/aromatic N) is 1. The van der Waals surface area contributed by atoms with Crippen LogP contribution >= 0.6 is 23.8 Å². The molecule has 1 aliphatic rings. The van der Waals surface area contributed by atoms with E-state index in [0.717, 1.165) is 5.56 Å². The second-order valence-electron chi connectivity index (χ2n) is 6.94. The maximum Gasteiger partial charge on any atom is 0.338 e. The Balaban J connectivity index is 1.94. The van der Waals surface area contributed by atoms with Gasteiger partial charge in [-0.15, -0.1) is 0 Å². The number of allylic oxidation sites excluding steroid dienone is 1. The van der Waals surface area contributed by atoms with Gasteiger partial charge >= 0.3 is 11.9 Å². The Bertz CT molecular complexity index is 798. The van der Waals surface area contributed by atoms with Crippen LogP contribution < -0.4 is 10.6 Å². The standard InChI is InChI=1S/C20H26ClN3O4S/c1-13-18(19(26)27-10-8-14-5-4-6-15(21)11-14)16(23-20(29)22-13)12-28-17(25)7-9-24(2)3/h4-6,11,16H,7-10,12H2,1-3H3,(H2,22,23,29). The van der Waals surface area contributed by atoms with Gasteiger partial charge in [0.05, 0.1) is 24.6 Å². The van der Waals surface area contributed by atoms with Crippen LogP contribution in [0.25, 0.3) is 0 Å². The van der Waals surface area contributed by atoms with Gasteiger partial charge in [0, 0.05) is 23.7 Å². The second kappa shape index (κ2) is 11.1. The van der Waals surface area contributed by atoms with Gasteiger partial charge in [-0.1, -0.05) is 23.7 Å². The first-order valence-corrected chi connectivity index (χ1v) is 10.0. The molecule has 1 aromatic carbocycles. The van der Waals surface area contributed by atoms with Gasteiger partial charge in [0.25, 0.3) is 0 Å². The van der Waals surface area contributed by atoms with Crippen LogP contribution in [-0.2, 0) is 25.5 Å². The highest BCUT2D eigenvalue weighted by Gasteiger charge is 2.30. The smallest absolute Gasteiger partial charge is 0.338 e. The SMILES string of the molecule is CC1=C(C(=O)OCCc2cccc(Cl)c2)C(COC(=O)CCN(C)C)NC(=S)N1. The molecule has 0 spiro atoms. The van der Waals surface area contributed by atoms with E-state index in [0.29, 0.717) is 34.4 Å². The number of benzene rings is 1. The quantitative estimate of drug-likeness (QED) is 0.447. The highest BCUT2D eigenvalue weighted by Crippen LogP contribution is 2.16. The van der Waals surface area contributed by atoms with Gasteiger partial charge in [-0.25, -0.2) is 4.79 Å². The molecule has 0 fully saturated rings. The number of thiocarbonyl (C=S) groups is 1. The van der Waals surface area contributed by atoms with Crippen LogP contribution in [0.2, 0.25) is 5.02 Å². The predicted molar refractivity (Wildman–Crippen MR) is 116 cm³/mol. The van der Waals surface area contributed by atoms with E-state index in [-0.39, 0.29) is 25.6 Å². The zero-order valence-corrected chi connectivity index (χ0v) is 18.4. The molecule has 29 heavy (non-hydrogen) atoms. The number of hydrogen-bond donors (Lipinski definition) is 2. The summed E-state index contributed by atoms with van der Waals surface area (Å²) in [6.07, 6.45) is 0.812. The molecule has 0 aromatic heterocycles. The number of esters is 2. The van der Waals surface area contributed by atoms with Crippen LogP contribution in [0.5, 0.6) is 0 Å². The molecule has 1 aliphatic heterocycles. The van der Waals surface area contributed by atoms with Crippen molar-refractivity contribution in [2.45, 2.75) is 25.8 Å². The summed E-state index contributed by atoms with van der Waals surface area (Å²) < 4.78 is 10.8. The molecule has 1 atom stereocenters. The van der Waals surface area contributed by atoms with Crippen LogP contribution in [-0.4, -0.2) is 61.8 Å². The van der Waals surface area contributed by atoms with E-state index in [1.54, 1.807) is 13.0 Å². The molecular formula is C20H26ClN3O4S. The summed E-state index contributed by atoms with van der Waals surface area (Å²) in [5, 5.41) is 6.89. The number of carbonyl (C=O) groups excluding carboxylic acids is 2. The van der Waals surface area contributed by atoms with Crippen LogP contribution in [0.15, 0.2) is 35.5 Å². The monoisotopic (exact) mass is 439 g/mol. The topological polar surface area (TPSA) is 79.9 Å². The maximum absolute atomic E-state index is 12.7. The summed E-state index contributed by atoms with van der Waals surface area (Å²) in [6.45, 7) is 2.52. The largest absolute Gasteiger partial charge is 0.463 e. The van der Waals surface area contributed by atoms with Crippen molar-refractivity contribution in [1.29, 1.82) is 0 Å². The molecule has 0 radical (unpaired) electrons. The molecule has 2 rings (SSSR count). The molecule has 0 aliphatic carbocycles. The van der Waals surface area contributed by atoms with Crippen LogP contribution in [0.3, 0.4) is 0 Å². The van der Waals surface area contributed by atoms with Gasteiger partial charge in [-0.05, 0) is 50.9 Å². The molecule has 0 amide bonds. The Morgan fingerprint density at radius 1 is 1.28 bits per heavy atom. The molecular weight excluding hydrogens is 414 g/mol. The van der Waals surface area contributed by atoms with Crippen molar-refractivity contribution in [2.24, 2.45) is 0 Å². The van der Waals surface area contributed by atoms with Gasteiger partial charge in [0.2, 0.25) is 0 Å². The van der Waals surface area contributed by atoms with Gasteiger partial charge in [-0.3, -0.25) is 4.79 Å². The molecule has 1 unspecified atom stereocenters. The summed E-state index contributed by atoms with van der Waals surface area (Å²) in [4.78, 5) is 26.5. The zero-order valence-electron chi connectivity index (χ0n) is 16.8. The van der Waals surface area contributed by atoms with E-state index in [1.165, 1.54) is 0 Å². The Hall–Kier alpha value is -2.16. The first-order valence-electron chi connectivity index (χ1n) is 9.26. The molecule has 2 N–H and O–H groups in total. The van der Waals surface area contributed by atoms with E-state index in [2.05, 4.69) is 10.6 Å². The average molecular weight is 440 g/mol. The lowest BCUT2D eigenvalue weighted by molar-refractivity contribution is -0.146. The van der Waals surface area contributed by atoms with E-state index in [1.807, 2.05) is 37.2 Å². The molecule has 7 nitrogen and oxygen atoms in total. The summed E-state index contributed by atoms with van der Waals surface area (Å²) in [7, 11) is 3.76.